The molecule has 0 fully saturated rings. The first-order valence-electron chi connectivity index (χ1n) is 5.90. The maximum absolute atomic E-state index is 12.9. The van der Waals surface area contributed by atoms with Gasteiger partial charge in [-0.05, 0) is 40.2 Å². The lowest BCUT2D eigenvalue weighted by molar-refractivity contribution is -0.149. The number of rotatable bonds is 3. The summed E-state index contributed by atoms with van der Waals surface area (Å²) in [5, 5.41) is 3.97. The molecule has 0 bridgehead atoms. The highest BCUT2D eigenvalue weighted by molar-refractivity contribution is 9.10. The number of aromatic nitrogens is 3. The van der Waals surface area contributed by atoms with Gasteiger partial charge in [0.05, 0.1) is 11.4 Å². The Kier molecular flexibility index (Phi) is 4.31. The molecule has 0 spiro atoms. The largest absolute Gasteiger partial charge is 0.491 e. The third-order valence-corrected chi connectivity index (χ3v) is 3.01. The van der Waals surface area contributed by atoms with E-state index in [2.05, 4.69) is 26.0 Å². The maximum atomic E-state index is 12.9. The number of amides is 1. The van der Waals surface area contributed by atoms with E-state index in [1.165, 1.54) is 42.2 Å². The van der Waals surface area contributed by atoms with Crippen molar-refractivity contribution < 1.29 is 18.0 Å². The van der Waals surface area contributed by atoms with Gasteiger partial charge in [0.1, 0.15) is 6.33 Å². The van der Waals surface area contributed by atoms with Crippen LogP contribution >= 0.6 is 15.9 Å². The summed E-state index contributed by atoms with van der Waals surface area (Å²) in [5.41, 5.74) is 0.292. The van der Waals surface area contributed by atoms with Crippen molar-refractivity contribution in [3.63, 3.8) is 0 Å². The predicted molar refractivity (Wildman–Crippen MR) is 72.9 cm³/mol. The van der Waals surface area contributed by atoms with Gasteiger partial charge in [0.2, 0.25) is 10.6 Å². The van der Waals surface area contributed by atoms with Gasteiger partial charge in [-0.1, -0.05) is 6.92 Å². The molecule has 0 atom stereocenters. The molecule has 2 rings (SSSR count). The summed E-state index contributed by atoms with van der Waals surface area (Å²) in [6.45, 7) is 1.38. The molecular formula is C12H10BrF3N4O. The van der Waals surface area contributed by atoms with Crippen LogP contribution in [0.2, 0.25) is 0 Å². The number of benzene rings is 1. The summed E-state index contributed by atoms with van der Waals surface area (Å²) < 4.78 is 40.6. The number of nitrogens with zero attached hydrogens (tertiary/aromatic N) is 4. The van der Waals surface area contributed by atoms with Crippen LogP contribution in [0.15, 0.2) is 35.3 Å². The summed E-state index contributed by atoms with van der Waals surface area (Å²) in [6, 6.07) is 5.29. The number of carbonyl (C=O) groups is 1. The molecule has 0 aliphatic heterocycles. The molecule has 112 valence electrons. The fraction of sp³-hybridized carbons (Fsp3) is 0.250. The van der Waals surface area contributed by atoms with Crippen LogP contribution < -0.4 is 4.90 Å². The zero-order valence-electron chi connectivity index (χ0n) is 10.8. The van der Waals surface area contributed by atoms with E-state index in [0.29, 0.717) is 10.4 Å². The molecule has 1 aromatic heterocycles. The lowest BCUT2D eigenvalue weighted by atomic mass is 10.2. The number of carbonyl (C=O) groups excluding carboxylic acids is 1. The minimum atomic E-state index is -4.76. The number of alkyl halides is 3. The molecule has 1 amide bonds. The van der Waals surface area contributed by atoms with Crippen molar-refractivity contribution in [3.8, 4) is 5.69 Å². The van der Waals surface area contributed by atoms with Crippen LogP contribution in [-0.2, 0) is 4.79 Å². The van der Waals surface area contributed by atoms with Crippen LogP contribution in [0.25, 0.3) is 5.69 Å². The zero-order chi connectivity index (χ0) is 15.6. The lowest BCUT2D eigenvalue weighted by Crippen LogP contribution is -2.42. The molecule has 9 heteroatoms. The zero-order valence-corrected chi connectivity index (χ0v) is 12.4. The molecule has 0 unspecified atom stereocenters. The Morgan fingerprint density at radius 1 is 1.33 bits per heavy atom. The van der Waals surface area contributed by atoms with Gasteiger partial charge in [0, 0.05) is 6.42 Å². The van der Waals surface area contributed by atoms with Gasteiger partial charge in [0.15, 0.2) is 0 Å². The molecule has 0 radical (unpaired) electrons. The number of halogens is 4. The number of hydrogen-bond donors (Lipinski definition) is 0. The first kappa shape index (κ1) is 15.5. The summed E-state index contributed by atoms with van der Waals surface area (Å²) in [4.78, 5) is 15.2. The van der Waals surface area contributed by atoms with Crippen LogP contribution in [0.3, 0.4) is 0 Å². The topological polar surface area (TPSA) is 51.0 Å². The molecule has 5 nitrogen and oxygen atoms in total. The van der Waals surface area contributed by atoms with Crippen LogP contribution in [0.5, 0.6) is 0 Å². The van der Waals surface area contributed by atoms with Crippen LogP contribution in [0, 0.1) is 0 Å². The van der Waals surface area contributed by atoms with Gasteiger partial charge in [0.25, 0.3) is 0 Å². The molecule has 1 aromatic carbocycles. The van der Waals surface area contributed by atoms with Crippen molar-refractivity contribution in [1.29, 1.82) is 0 Å². The van der Waals surface area contributed by atoms with Crippen molar-refractivity contribution in [2.24, 2.45) is 0 Å². The van der Waals surface area contributed by atoms with E-state index >= 15 is 0 Å². The van der Waals surface area contributed by atoms with Crippen molar-refractivity contribution in [2.75, 3.05) is 4.90 Å². The van der Waals surface area contributed by atoms with E-state index in [1.807, 2.05) is 0 Å². The minimum absolute atomic E-state index is 0.173. The van der Waals surface area contributed by atoms with E-state index < -0.39 is 12.2 Å². The quantitative estimate of drug-likeness (QED) is 0.787. The van der Waals surface area contributed by atoms with Gasteiger partial charge in [-0.15, -0.1) is 18.3 Å². The minimum Gasteiger partial charge on any atom is -0.274 e. The molecule has 0 saturated heterocycles. The Labute approximate surface area is 126 Å². The van der Waals surface area contributed by atoms with E-state index in [-0.39, 0.29) is 17.0 Å². The Hall–Kier alpha value is -1.90. The molecule has 0 saturated carbocycles. The molecule has 1 heterocycles. The lowest BCUT2D eigenvalue weighted by Gasteiger charge is -2.24. The summed E-state index contributed by atoms with van der Waals surface area (Å²) in [7, 11) is 0. The first-order chi connectivity index (χ1) is 9.82. The second-order valence-corrected chi connectivity index (χ2v) is 4.73. The fourth-order valence-electron chi connectivity index (χ4n) is 1.71. The Morgan fingerprint density at radius 2 is 1.95 bits per heavy atom. The SMILES string of the molecule is CCC(=O)N(c1ccc(-n2cnc(Br)n2)cc1)C(F)(F)F. The molecular weight excluding hydrogens is 353 g/mol. The normalized spacial score (nSPS) is 11.5. The van der Waals surface area contributed by atoms with E-state index in [1.54, 1.807) is 0 Å². The Balaban J connectivity index is 2.34. The van der Waals surface area contributed by atoms with Gasteiger partial charge < -0.3 is 0 Å². The van der Waals surface area contributed by atoms with Crippen molar-refractivity contribution in [3.05, 3.63) is 35.3 Å². The molecule has 2 aromatic rings. The fourth-order valence-corrected chi connectivity index (χ4v) is 1.97. The number of hydrogen-bond acceptors (Lipinski definition) is 3. The molecule has 0 aliphatic rings. The van der Waals surface area contributed by atoms with Crippen LogP contribution in [-0.4, -0.2) is 27.0 Å². The molecule has 0 aliphatic carbocycles. The van der Waals surface area contributed by atoms with Crippen molar-refractivity contribution in [1.82, 2.24) is 14.8 Å². The summed E-state index contributed by atoms with van der Waals surface area (Å²) in [5.74, 6) is -1.02. The highest BCUT2D eigenvalue weighted by Gasteiger charge is 2.41. The van der Waals surface area contributed by atoms with Crippen molar-refractivity contribution >= 4 is 27.5 Å². The average molecular weight is 363 g/mol. The summed E-state index contributed by atoms with van der Waals surface area (Å²) >= 11 is 3.08. The third kappa shape index (κ3) is 3.41. The Morgan fingerprint density at radius 3 is 2.38 bits per heavy atom. The van der Waals surface area contributed by atoms with Gasteiger partial charge in [-0.2, -0.15) is 0 Å². The smallest absolute Gasteiger partial charge is 0.274 e. The standard InChI is InChI=1S/C12H10BrF3N4O/c1-2-10(21)20(12(14,15)16)9-5-3-8(4-6-9)19-7-17-11(13)18-19/h3-7H,2H2,1H3. The monoisotopic (exact) mass is 362 g/mol. The third-order valence-electron chi connectivity index (χ3n) is 2.64. The average Bonchev–Trinajstić information content (AvgIpc) is 2.84. The van der Waals surface area contributed by atoms with Gasteiger partial charge in [-0.25, -0.2) is 14.6 Å². The predicted octanol–water partition coefficient (Wildman–Crippen LogP) is 3.29. The molecule has 0 N–H and O–H groups in total. The maximum Gasteiger partial charge on any atom is 0.491 e. The Bertz CT molecular complexity index is 639. The highest BCUT2D eigenvalue weighted by atomic mass is 79.9. The van der Waals surface area contributed by atoms with E-state index in [9.17, 15) is 18.0 Å². The second kappa shape index (κ2) is 5.84. The highest BCUT2D eigenvalue weighted by Crippen LogP contribution is 2.29. The molecule has 21 heavy (non-hydrogen) atoms. The van der Waals surface area contributed by atoms with Crippen LogP contribution in [0.1, 0.15) is 13.3 Å². The first-order valence-corrected chi connectivity index (χ1v) is 6.69. The van der Waals surface area contributed by atoms with Crippen molar-refractivity contribution in [2.45, 2.75) is 19.6 Å². The van der Waals surface area contributed by atoms with Crippen LogP contribution in [0.4, 0.5) is 18.9 Å². The van der Waals surface area contributed by atoms with Gasteiger partial charge >= 0.3 is 6.30 Å². The van der Waals surface area contributed by atoms with E-state index in [4.69, 9.17) is 0 Å². The second-order valence-electron chi connectivity index (χ2n) is 4.03. The summed E-state index contributed by atoms with van der Waals surface area (Å²) in [6.07, 6.45) is -3.58. The van der Waals surface area contributed by atoms with Gasteiger partial charge in [-0.3, -0.25) is 4.79 Å². The van der Waals surface area contributed by atoms with E-state index in [0.717, 1.165) is 0 Å². The number of anilines is 1.